The summed E-state index contributed by atoms with van der Waals surface area (Å²) in [5.41, 5.74) is 1.95. The van der Waals surface area contributed by atoms with Gasteiger partial charge in [-0.25, -0.2) is 9.97 Å². The van der Waals surface area contributed by atoms with Crippen LogP contribution in [0.5, 0.6) is 5.75 Å². The first-order chi connectivity index (χ1) is 8.52. The third-order valence-electron chi connectivity index (χ3n) is 2.90. The van der Waals surface area contributed by atoms with Crippen LogP contribution in [0.15, 0.2) is 36.8 Å². The zero-order chi connectivity index (χ0) is 13.2. The van der Waals surface area contributed by atoms with Gasteiger partial charge in [0.25, 0.3) is 0 Å². The highest BCUT2D eigenvalue weighted by molar-refractivity contribution is 6.88. The van der Waals surface area contributed by atoms with Crippen LogP contribution in [0.2, 0.25) is 19.6 Å². The molecule has 4 heteroatoms. The second-order valence-corrected chi connectivity index (χ2v) is 10.3. The number of ether oxygens (including phenoxy) is 1. The Morgan fingerprint density at radius 2 is 1.94 bits per heavy atom. The van der Waals surface area contributed by atoms with Crippen LogP contribution in [0, 0.1) is 0 Å². The van der Waals surface area contributed by atoms with Crippen LogP contribution in [0.1, 0.15) is 0 Å². The quantitative estimate of drug-likeness (QED) is 0.794. The van der Waals surface area contributed by atoms with Crippen molar-refractivity contribution in [1.82, 2.24) is 9.97 Å². The fourth-order valence-electron chi connectivity index (χ4n) is 1.82. The van der Waals surface area contributed by atoms with Gasteiger partial charge in [0, 0.05) is 5.56 Å². The van der Waals surface area contributed by atoms with Crippen molar-refractivity contribution in [2.24, 2.45) is 0 Å². The fraction of sp³-hybridized carbons (Fsp3) is 0.286. The van der Waals surface area contributed by atoms with Crippen molar-refractivity contribution in [3.05, 3.63) is 36.8 Å². The van der Waals surface area contributed by atoms with Crippen LogP contribution in [0.25, 0.3) is 11.3 Å². The summed E-state index contributed by atoms with van der Waals surface area (Å²) in [6.45, 7) is 7.01. The molecule has 0 radical (unpaired) electrons. The lowest BCUT2D eigenvalue weighted by Gasteiger charge is -2.17. The minimum Gasteiger partial charge on any atom is -0.493 e. The molecule has 0 amide bonds. The van der Waals surface area contributed by atoms with Crippen molar-refractivity contribution < 1.29 is 4.74 Å². The molecule has 0 saturated heterocycles. The zero-order valence-corrected chi connectivity index (χ0v) is 12.3. The van der Waals surface area contributed by atoms with Gasteiger partial charge in [0.1, 0.15) is 12.0 Å². The summed E-state index contributed by atoms with van der Waals surface area (Å²) in [6.07, 6.45) is 3.25. The summed E-state index contributed by atoms with van der Waals surface area (Å²) in [5.74, 6) is 0.713. The molecule has 0 aliphatic carbocycles. The molecule has 0 aliphatic rings. The van der Waals surface area contributed by atoms with E-state index in [-0.39, 0.29) is 0 Å². The molecule has 3 nitrogen and oxygen atoms in total. The summed E-state index contributed by atoms with van der Waals surface area (Å²) >= 11 is 0. The number of benzene rings is 1. The van der Waals surface area contributed by atoms with Crippen LogP contribution < -0.4 is 9.92 Å². The average molecular weight is 258 g/mol. The lowest BCUT2D eigenvalue weighted by molar-refractivity contribution is 0.412. The van der Waals surface area contributed by atoms with E-state index < -0.39 is 8.07 Å². The van der Waals surface area contributed by atoms with Crippen molar-refractivity contribution in [1.29, 1.82) is 0 Å². The highest BCUT2D eigenvalue weighted by Crippen LogP contribution is 2.25. The van der Waals surface area contributed by atoms with Crippen molar-refractivity contribution in [3.63, 3.8) is 0 Å². The predicted octanol–water partition coefficient (Wildman–Crippen LogP) is 2.70. The molecule has 1 aromatic heterocycles. The molecule has 2 rings (SSSR count). The smallest absolute Gasteiger partial charge is 0.163 e. The van der Waals surface area contributed by atoms with E-state index in [1.807, 2.05) is 0 Å². The molecule has 0 unspecified atom stereocenters. The van der Waals surface area contributed by atoms with Crippen LogP contribution in [0.3, 0.4) is 0 Å². The topological polar surface area (TPSA) is 35.0 Å². The molecule has 0 fully saturated rings. The first-order valence-corrected chi connectivity index (χ1v) is 9.47. The van der Waals surface area contributed by atoms with Gasteiger partial charge < -0.3 is 4.74 Å². The standard InChI is InChI=1S/C14H18N2OSi/c1-17-13-9-15-10-16-14(13)11-6-5-7-12(8-11)18(2,3)4/h5-10H,1-4H3. The summed E-state index contributed by atoms with van der Waals surface area (Å²) in [4.78, 5) is 8.31. The Hall–Kier alpha value is -1.68. The second kappa shape index (κ2) is 4.90. The number of hydrogen-bond acceptors (Lipinski definition) is 3. The Bertz CT molecular complexity index is 549. The molecular formula is C14H18N2OSi. The van der Waals surface area contributed by atoms with E-state index in [1.54, 1.807) is 19.6 Å². The average Bonchev–Trinajstić information content (AvgIpc) is 2.38. The molecule has 18 heavy (non-hydrogen) atoms. The Labute approximate surface area is 109 Å². The molecule has 0 N–H and O–H groups in total. The van der Waals surface area contributed by atoms with Gasteiger partial charge in [0.05, 0.1) is 21.4 Å². The van der Waals surface area contributed by atoms with Crippen molar-refractivity contribution in [2.75, 3.05) is 7.11 Å². The Morgan fingerprint density at radius 3 is 2.61 bits per heavy atom. The van der Waals surface area contributed by atoms with Gasteiger partial charge in [-0.2, -0.15) is 0 Å². The molecular weight excluding hydrogens is 240 g/mol. The summed E-state index contributed by atoms with van der Waals surface area (Å²) in [6, 6.07) is 8.57. The number of hydrogen-bond donors (Lipinski definition) is 0. The predicted molar refractivity (Wildman–Crippen MR) is 77.0 cm³/mol. The molecule has 0 spiro atoms. The first kappa shape index (κ1) is 12.8. The lowest BCUT2D eigenvalue weighted by Crippen LogP contribution is -2.37. The highest BCUT2D eigenvalue weighted by Gasteiger charge is 2.17. The molecule has 0 saturated carbocycles. The fourth-order valence-corrected chi connectivity index (χ4v) is 3.00. The van der Waals surface area contributed by atoms with Gasteiger partial charge in [0.15, 0.2) is 5.75 Å². The number of rotatable bonds is 3. The van der Waals surface area contributed by atoms with Gasteiger partial charge in [-0.3, -0.25) is 0 Å². The number of aromatic nitrogens is 2. The number of nitrogens with zero attached hydrogens (tertiary/aromatic N) is 2. The van der Waals surface area contributed by atoms with Crippen molar-refractivity contribution in [3.8, 4) is 17.0 Å². The molecule has 0 aliphatic heterocycles. The highest BCUT2D eigenvalue weighted by atomic mass is 28.3. The maximum absolute atomic E-state index is 5.31. The van der Waals surface area contributed by atoms with Gasteiger partial charge in [-0.1, -0.05) is 49.1 Å². The van der Waals surface area contributed by atoms with E-state index in [0.717, 1.165) is 11.3 Å². The van der Waals surface area contributed by atoms with Gasteiger partial charge >= 0.3 is 0 Å². The zero-order valence-electron chi connectivity index (χ0n) is 11.3. The van der Waals surface area contributed by atoms with E-state index in [1.165, 1.54) is 5.19 Å². The van der Waals surface area contributed by atoms with Gasteiger partial charge in [-0.15, -0.1) is 0 Å². The van der Waals surface area contributed by atoms with E-state index in [0.29, 0.717) is 5.75 Å². The minimum absolute atomic E-state index is 0.713. The molecule has 0 bridgehead atoms. The molecule has 94 valence electrons. The minimum atomic E-state index is -1.31. The van der Waals surface area contributed by atoms with Gasteiger partial charge in [0.2, 0.25) is 0 Å². The van der Waals surface area contributed by atoms with E-state index in [9.17, 15) is 0 Å². The van der Waals surface area contributed by atoms with Crippen LogP contribution in [-0.2, 0) is 0 Å². The van der Waals surface area contributed by atoms with E-state index in [2.05, 4.69) is 53.9 Å². The van der Waals surface area contributed by atoms with Crippen LogP contribution in [0.4, 0.5) is 0 Å². The third-order valence-corrected chi connectivity index (χ3v) is 4.94. The maximum atomic E-state index is 5.31. The van der Waals surface area contributed by atoms with Crippen LogP contribution in [-0.4, -0.2) is 25.2 Å². The SMILES string of the molecule is COc1cncnc1-c1cccc([Si](C)(C)C)c1. The monoisotopic (exact) mass is 258 g/mol. The molecule has 1 heterocycles. The van der Waals surface area contributed by atoms with Crippen molar-refractivity contribution >= 4 is 13.3 Å². The van der Waals surface area contributed by atoms with Gasteiger partial charge in [-0.05, 0) is 0 Å². The maximum Gasteiger partial charge on any atom is 0.163 e. The molecule has 2 aromatic rings. The first-order valence-electron chi connectivity index (χ1n) is 5.97. The molecule has 1 aromatic carbocycles. The summed E-state index contributed by atoms with van der Waals surface area (Å²) < 4.78 is 5.31. The Kier molecular flexibility index (Phi) is 3.47. The largest absolute Gasteiger partial charge is 0.493 e. The van der Waals surface area contributed by atoms with E-state index >= 15 is 0 Å². The Balaban J connectivity index is 2.51. The number of methoxy groups -OCH3 is 1. The third kappa shape index (κ3) is 2.59. The Morgan fingerprint density at radius 1 is 1.17 bits per heavy atom. The normalized spacial score (nSPS) is 11.3. The van der Waals surface area contributed by atoms with E-state index in [4.69, 9.17) is 4.74 Å². The lowest BCUT2D eigenvalue weighted by atomic mass is 10.1. The molecule has 0 atom stereocenters. The van der Waals surface area contributed by atoms with Crippen molar-refractivity contribution in [2.45, 2.75) is 19.6 Å². The van der Waals surface area contributed by atoms with Crippen LogP contribution >= 0.6 is 0 Å². The summed E-state index contributed by atoms with van der Waals surface area (Å²) in [7, 11) is 0.334. The second-order valence-electron chi connectivity index (χ2n) is 5.27. The summed E-state index contributed by atoms with van der Waals surface area (Å²) in [5, 5.41) is 1.42.